The lowest BCUT2D eigenvalue weighted by atomic mass is 9.87. The van der Waals surface area contributed by atoms with Crippen LogP contribution < -0.4 is 11.5 Å². The third kappa shape index (κ3) is 7.24. The first-order chi connectivity index (χ1) is 15.8. The number of hydrogen-bond acceptors (Lipinski definition) is 6. The molecule has 1 aliphatic carbocycles. The summed E-state index contributed by atoms with van der Waals surface area (Å²) < 4.78 is 11.0. The minimum absolute atomic E-state index is 0.0331. The molecule has 0 saturated heterocycles. The van der Waals surface area contributed by atoms with E-state index in [2.05, 4.69) is 6.58 Å². The van der Waals surface area contributed by atoms with Crippen LogP contribution in [0.3, 0.4) is 0 Å². The van der Waals surface area contributed by atoms with E-state index >= 15 is 0 Å². The number of ether oxygens (including phenoxy) is 2. The molecule has 4 N–H and O–H groups in total. The van der Waals surface area contributed by atoms with Crippen LogP contribution in [-0.4, -0.2) is 24.6 Å². The van der Waals surface area contributed by atoms with Gasteiger partial charge in [0, 0.05) is 23.4 Å². The van der Waals surface area contributed by atoms with Crippen LogP contribution in [0.15, 0.2) is 61.2 Å². The predicted molar refractivity (Wildman–Crippen MR) is 131 cm³/mol. The Morgan fingerprint density at radius 1 is 1.06 bits per heavy atom. The molecule has 1 fully saturated rings. The molecule has 1 saturated carbocycles. The first-order valence-electron chi connectivity index (χ1n) is 11.3. The van der Waals surface area contributed by atoms with Crippen molar-refractivity contribution in [1.29, 1.82) is 0 Å². The zero-order chi connectivity index (χ0) is 23.8. The Kier molecular flexibility index (Phi) is 8.30. The van der Waals surface area contributed by atoms with E-state index in [1.165, 1.54) is 6.08 Å². The zero-order valence-electron chi connectivity index (χ0n) is 19.0. The largest absolute Gasteiger partial charge is 0.462 e. The van der Waals surface area contributed by atoms with Gasteiger partial charge in [0.25, 0.3) is 0 Å². The number of nitrogens with two attached hydrogens (primary N) is 2. The molecule has 6 nitrogen and oxygen atoms in total. The maximum atomic E-state index is 12.4. The Balaban J connectivity index is 1.46. The van der Waals surface area contributed by atoms with E-state index in [0.29, 0.717) is 22.9 Å². The SMILES string of the molecule is C=CC1CCC(OC(=O)c2ccc(C=CC(=O)OCC(C)c3cc(N)cc(N)c3)cc2)CC1. The molecule has 0 aliphatic heterocycles. The molecule has 1 unspecified atom stereocenters. The summed E-state index contributed by atoms with van der Waals surface area (Å²) in [6, 6.07) is 12.3. The van der Waals surface area contributed by atoms with Crippen molar-refractivity contribution >= 4 is 29.4 Å². The number of rotatable bonds is 8. The number of benzene rings is 2. The lowest BCUT2D eigenvalue weighted by molar-refractivity contribution is -0.138. The molecule has 6 heteroatoms. The van der Waals surface area contributed by atoms with Gasteiger partial charge in [-0.3, -0.25) is 0 Å². The standard InChI is InChI=1S/C27H32N2O4/c1-3-19-6-11-25(12-7-19)33-27(31)21-9-4-20(5-10-21)8-13-26(30)32-17-18(2)22-14-23(28)16-24(29)15-22/h3-5,8-10,13-16,18-19,25H,1,6-7,11-12,17,28-29H2,2H3. The molecule has 33 heavy (non-hydrogen) atoms. The topological polar surface area (TPSA) is 105 Å². The Morgan fingerprint density at radius 2 is 1.70 bits per heavy atom. The lowest BCUT2D eigenvalue weighted by Crippen LogP contribution is -2.23. The Labute approximate surface area is 195 Å². The Hall–Kier alpha value is -3.54. The molecule has 0 bridgehead atoms. The lowest BCUT2D eigenvalue weighted by Gasteiger charge is -2.26. The van der Waals surface area contributed by atoms with Crippen molar-refractivity contribution in [2.24, 2.45) is 5.92 Å². The molecular weight excluding hydrogens is 416 g/mol. The molecule has 0 amide bonds. The third-order valence-corrected chi connectivity index (χ3v) is 5.93. The van der Waals surface area contributed by atoms with Crippen LogP contribution in [0.25, 0.3) is 6.08 Å². The van der Waals surface area contributed by atoms with Gasteiger partial charge in [0.1, 0.15) is 6.10 Å². The molecule has 0 aromatic heterocycles. The van der Waals surface area contributed by atoms with Gasteiger partial charge in [0.15, 0.2) is 0 Å². The van der Waals surface area contributed by atoms with E-state index in [-0.39, 0.29) is 24.6 Å². The summed E-state index contributed by atoms with van der Waals surface area (Å²) in [5, 5.41) is 0. The van der Waals surface area contributed by atoms with Crippen molar-refractivity contribution in [3.63, 3.8) is 0 Å². The molecular formula is C27H32N2O4. The second-order valence-corrected chi connectivity index (χ2v) is 8.60. The normalized spacial score (nSPS) is 19.1. The van der Waals surface area contributed by atoms with Crippen LogP contribution in [0.5, 0.6) is 0 Å². The summed E-state index contributed by atoms with van der Waals surface area (Å²) in [4.78, 5) is 24.5. The fourth-order valence-corrected chi connectivity index (χ4v) is 3.89. The van der Waals surface area contributed by atoms with Crippen LogP contribution in [0.4, 0.5) is 11.4 Å². The summed E-state index contributed by atoms with van der Waals surface area (Å²) in [6.45, 7) is 5.99. The summed E-state index contributed by atoms with van der Waals surface area (Å²) in [5.41, 5.74) is 15.0. The molecule has 3 rings (SSSR count). The van der Waals surface area contributed by atoms with Gasteiger partial charge in [-0.2, -0.15) is 0 Å². The van der Waals surface area contributed by atoms with Gasteiger partial charge in [-0.05, 0) is 79.1 Å². The van der Waals surface area contributed by atoms with Crippen molar-refractivity contribution in [3.8, 4) is 0 Å². The van der Waals surface area contributed by atoms with Gasteiger partial charge in [-0.15, -0.1) is 6.58 Å². The Morgan fingerprint density at radius 3 is 2.30 bits per heavy atom. The van der Waals surface area contributed by atoms with Crippen LogP contribution in [-0.2, 0) is 14.3 Å². The first kappa shape index (κ1) is 24.1. The molecule has 0 heterocycles. The number of anilines is 2. The first-order valence-corrected chi connectivity index (χ1v) is 11.3. The van der Waals surface area contributed by atoms with E-state index in [4.69, 9.17) is 20.9 Å². The summed E-state index contributed by atoms with van der Waals surface area (Å²) >= 11 is 0. The highest BCUT2D eigenvalue weighted by Gasteiger charge is 2.22. The minimum Gasteiger partial charge on any atom is -0.462 e. The highest BCUT2D eigenvalue weighted by molar-refractivity contribution is 5.90. The molecule has 0 spiro atoms. The number of nitrogen functional groups attached to an aromatic ring is 2. The highest BCUT2D eigenvalue weighted by Crippen LogP contribution is 2.27. The third-order valence-electron chi connectivity index (χ3n) is 5.93. The smallest absolute Gasteiger partial charge is 0.338 e. The molecule has 2 aromatic rings. The highest BCUT2D eigenvalue weighted by atomic mass is 16.5. The number of carbonyl (C=O) groups excluding carboxylic acids is 2. The Bertz CT molecular complexity index is 985. The molecule has 1 atom stereocenters. The maximum Gasteiger partial charge on any atom is 0.338 e. The molecule has 0 radical (unpaired) electrons. The molecule has 1 aliphatic rings. The molecule has 2 aromatic carbocycles. The fourth-order valence-electron chi connectivity index (χ4n) is 3.89. The average molecular weight is 449 g/mol. The van der Waals surface area contributed by atoms with Crippen molar-refractivity contribution in [3.05, 3.63) is 77.9 Å². The van der Waals surface area contributed by atoms with E-state index in [9.17, 15) is 9.59 Å². The van der Waals surface area contributed by atoms with Gasteiger partial charge < -0.3 is 20.9 Å². The second kappa shape index (κ2) is 11.4. The summed E-state index contributed by atoms with van der Waals surface area (Å²) in [7, 11) is 0. The van der Waals surface area contributed by atoms with Crippen molar-refractivity contribution in [2.75, 3.05) is 18.1 Å². The van der Waals surface area contributed by atoms with Crippen molar-refractivity contribution in [2.45, 2.75) is 44.6 Å². The van der Waals surface area contributed by atoms with Gasteiger partial charge in [0.2, 0.25) is 0 Å². The monoisotopic (exact) mass is 448 g/mol. The minimum atomic E-state index is -0.447. The van der Waals surface area contributed by atoms with Crippen molar-refractivity contribution in [1.82, 2.24) is 0 Å². The van der Waals surface area contributed by atoms with Gasteiger partial charge in [-0.25, -0.2) is 9.59 Å². The quantitative estimate of drug-likeness (QED) is 0.252. The van der Waals surface area contributed by atoms with Crippen LogP contribution in [0.2, 0.25) is 0 Å². The summed E-state index contributed by atoms with van der Waals surface area (Å²) in [6.07, 6.45) is 8.72. The van der Waals surface area contributed by atoms with Gasteiger partial charge in [0.05, 0.1) is 12.2 Å². The van der Waals surface area contributed by atoms with Gasteiger partial charge >= 0.3 is 11.9 Å². The van der Waals surface area contributed by atoms with Crippen LogP contribution >= 0.6 is 0 Å². The molecule has 174 valence electrons. The second-order valence-electron chi connectivity index (χ2n) is 8.60. The van der Waals surface area contributed by atoms with E-state index in [0.717, 1.165) is 36.8 Å². The average Bonchev–Trinajstić information content (AvgIpc) is 2.81. The maximum absolute atomic E-state index is 12.4. The van der Waals surface area contributed by atoms with E-state index < -0.39 is 5.97 Å². The van der Waals surface area contributed by atoms with Gasteiger partial charge in [-0.1, -0.05) is 25.1 Å². The number of esters is 2. The number of carbonyl (C=O) groups is 2. The van der Waals surface area contributed by atoms with E-state index in [1.54, 1.807) is 36.4 Å². The van der Waals surface area contributed by atoms with Crippen LogP contribution in [0, 0.1) is 5.92 Å². The fraction of sp³-hybridized carbons (Fsp3) is 0.333. The predicted octanol–water partition coefficient (Wildman–Crippen LogP) is 5.11. The summed E-state index contributed by atoms with van der Waals surface area (Å²) in [5.74, 6) is -0.275. The zero-order valence-corrected chi connectivity index (χ0v) is 19.0. The number of allylic oxidation sites excluding steroid dienone is 1. The van der Waals surface area contributed by atoms with Crippen LogP contribution in [0.1, 0.15) is 60.0 Å². The van der Waals surface area contributed by atoms with Crippen molar-refractivity contribution < 1.29 is 19.1 Å². The number of hydrogen-bond donors (Lipinski definition) is 2. The van der Waals surface area contributed by atoms with E-state index in [1.807, 2.05) is 25.1 Å².